The molecular weight excluding hydrogens is 310 g/mol. The third kappa shape index (κ3) is 2.20. The van der Waals surface area contributed by atoms with Crippen LogP contribution in [-0.4, -0.2) is 6.61 Å². The van der Waals surface area contributed by atoms with Gasteiger partial charge in [-0.1, -0.05) is 0 Å². The smallest absolute Gasteiger partial charge is 0.158 e. The predicted molar refractivity (Wildman–Crippen MR) is 52.9 cm³/mol. The summed E-state index contributed by atoms with van der Waals surface area (Å²) in [5.41, 5.74) is 0. The Balaban J connectivity index is 3.24. The largest absolute Gasteiger partial charge is 0.492 e. The van der Waals surface area contributed by atoms with Gasteiger partial charge in [0.25, 0.3) is 0 Å². The highest BCUT2D eigenvalue weighted by atomic mass is 79.9. The van der Waals surface area contributed by atoms with Crippen molar-refractivity contribution in [2.45, 2.75) is 6.92 Å². The average Bonchev–Trinajstić information content (AvgIpc) is 2.11. The highest BCUT2D eigenvalue weighted by Gasteiger charge is 2.15. The van der Waals surface area contributed by atoms with Crippen molar-refractivity contribution < 1.29 is 13.5 Å². The van der Waals surface area contributed by atoms with Gasteiger partial charge in [0.2, 0.25) is 0 Å². The van der Waals surface area contributed by atoms with Crippen molar-refractivity contribution in [3.8, 4) is 5.75 Å². The summed E-state index contributed by atoms with van der Waals surface area (Å²) in [4.78, 5) is 0. The first-order chi connectivity index (χ1) is 6.07. The summed E-state index contributed by atoms with van der Waals surface area (Å²) in [7, 11) is 0. The van der Waals surface area contributed by atoms with Crippen LogP contribution >= 0.6 is 31.9 Å². The Morgan fingerprint density at radius 3 is 2.46 bits per heavy atom. The van der Waals surface area contributed by atoms with Gasteiger partial charge in [-0.15, -0.1) is 0 Å². The van der Waals surface area contributed by atoms with Crippen LogP contribution in [0.3, 0.4) is 0 Å². The fourth-order valence-corrected chi connectivity index (χ4v) is 1.82. The summed E-state index contributed by atoms with van der Waals surface area (Å²) >= 11 is 5.75. The Bertz CT molecular complexity index is 328. The monoisotopic (exact) mass is 314 g/mol. The van der Waals surface area contributed by atoms with Gasteiger partial charge in [0.1, 0.15) is 11.6 Å². The van der Waals surface area contributed by atoms with Gasteiger partial charge in [-0.2, -0.15) is 0 Å². The third-order valence-electron chi connectivity index (χ3n) is 1.37. The molecule has 0 N–H and O–H groups in total. The maximum atomic E-state index is 13.2. The molecule has 0 aromatic heterocycles. The second-order valence-corrected chi connectivity index (χ2v) is 3.82. The van der Waals surface area contributed by atoms with Crippen molar-refractivity contribution in [2.24, 2.45) is 0 Å². The van der Waals surface area contributed by atoms with Crippen LogP contribution in [-0.2, 0) is 0 Å². The summed E-state index contributed by atoms with van der Waals surface area (Å²) in [6.45, 7) is 2.10. The van der Waals surface area contributed by atoms with Crippen molar-refractivity contribution in [1.29, 1.82) is 0 Å². The quantitative estimate of drug-likeness (QED) is 0.594. The molecule has 0 fully saturated rings. The molecule has 0 saturated carbocycles. The van der Waals surface area contributed by atoms with E-state index in [1.807, 2.05) is 0 Å². The summed E-state index contributed by atoms with van der Waals surface area (Å²) in [5, 5.41) is 0. The molecule has 5 heteroatoms. The Morgan fingerprint density at radius 2 is 1.92 bits per heavy atom. The highest BCUT2D eigenvalue weighted by molar-refractivity contribution is 9.11. The number of rotatable bonds is 2. The zero-order chi connectivity index (χ0) is 10.0. The van der Waals surface area contributed by atoms with Gasteiger partial charge in [-0.25, -0.2) is 8.78 Å². The summed E-state index contributed by atoms with van der Waals surface area (Å²) in [5.74, 6) is -1.20. The van der Waals surface area contributed by atoms with Crippen molar-refractivity contribution in [1.82, 2.24) is 0 Å². The SMILES string of the molecule is CCOc1cc(F)c(Br)c(F)c1Br. The molecule has 0 unspecified atom stereocenters. The molecule has 13 heavy (non-hydrogen) atoms. The van der Waals surface area contributed by atoms with E-state index in [0.29, 0.717) is 6.61 Å². The maximum Gasteiger partial charge on any atom is 0.158 e. The first-order valence-electron chi connectivity index (χ1n) is 3.53. The summed E-state index contributed by atoms with van der Waals surface area (Å²) in [6, 6.07) is 1.13. The Morgan fingerprint density at radius 1 is 1.31 bits per heavy atom. The van der Waals surface area contributed by atoms with Crippen LogP contribution in [0.1, 0.15) is 6.92 Å². The Hall–Kier alpha value is -0.160. The van der Waals surface area contributed by atoms with Gasteiger partial charge in [0.05, 0.1) is 15.6 Å². The number of benzene rings is 1. The van der Waals surface area contributed by atoms with Crippen LogP contribution in [0.2, 0.25) is 0 Å². The summed E-state index contributed by atoms with van der Waals surface area (Å²) in [6.07, 6.45) is 0. The predicted octanol–water partition coefficient (Wildman–Crippen LogP) is 3.89. The Labute approximate surface area is 91.3 Å². The molecule has 0 radical (unpaired) electrons. The average molecular weight is 316 g/mol. The van der Waals surface area contributed by atoms with Gasteiger partial charge in [0, 0.05) is 6.07 Å². The third-order valence-corrected chi connectivity index (χ3v) is 2.83. The first-order valence-corrected chi connectivity index (χ1v) is 5.12. The fourth-order valence-electron chi connectivity index (χ4n) is 0.812. The van der Waals surface area contributed by atoms with E-state index in [4.69, 9.17) is 4.74 Å². The topological polar surface area (TPSA) is 9.23 Å². The normalized spacial score (nSPS) is 10.2. The molecular formula is C8H6Br2F2O. The molecule has 0 aliphatic heterocycles. The highest BCUT2D eigenvalue weighted by Crippen LogP contribution is 2.34. The summed E-state index contributed by atoms with van der Waals surface area (Å²) < 4.78 is 31.1. The standard InChI is InChI=1S/C8H6Br2F2O/c1-2-13-5-3-4(11)6(9)8(12)7(5)10/h3H,2H2,1H3. The van der Waals surface area contributed by atoms with E-state index in [0.717, 1.165) is 6.07 Å². The van der Waals surface area contributed by atoms with E-state index < -0.39 is 11.6 Å². The molecule has 1 nitrogen and oxygen atoms in total. The van der Waals surface area contributed by atoms with Crippen molar-refractivity contribution in [3.05, 3.63) is 26.6 Å². The Kier molecular flexibility index (Phi) is 3.67. The molecule has 1 aromatic carbocycles. The van der Waals surface area contributed by atoms with Gasteiger partial charge >= 0.3 is 0 Å². The zero-order valence-corrected chi connectivity index (χ0v) is 9.88. The van der Waals surface area contributed by atoms with E-state index in [1.54, 1.807) is 6.92 Å². The number of halogens is 4. The van der Waals surface area contributed by atoms with Crippen LogP contribution in [0, 0.1) is 11.6 Å². The molecule has 0 aliphatic rings. The molecule has 0 saturated heterocycles. The minimum absolute atomic E-state index is 0.127. The van der Waals surface area contributed by atoms with Gasteiger partial charge in [0.15, 0.2) is 5.82 Å². The molecule has 0 heterocycles. The molecule has 1 aromatic rings. The van der Waals surface area contributed by atoms with E-state index in [-0.39, 0.29) is 14.7 Å². The van der Waals surface area contributed by atoms with Crippen LogP contribution in [0.15, 0.2) is 15.0 Å². The minimum Gasteiger partial charge on any atom is -0.492 e. The number of hydrogen-bond donors (Lipinski definition) is 0. The molecule has 0 atom stereocenters. The minimum atomic E-state index is -0.691. The maximum absolute atomic E-state index is 13.2. The van der Waals surface area contributed by atoms with Gasteiger partial charge < -0.3 is 4.74 Å². The van der Waals surface area contributed by atoms with Gasteiger partial charge in [-0.05, 0) is 38.8 Å². The first kappa shape index (κ1) is 10.9. The van der Waals surface area contributed by atoms with E-state index >= 15 is 0 Å². The fraction of sp³-hybridized carbons (Fsp3) is 0.250. The number of ether oxygens (including phenoxy) is 1. The lowest BCUT2D eigenvalue weighted by molar-refractivity contribution is 0.332. The molecule has 1 rings (SSSR count). The molecule has 0 aliphatic carbocycles. The van der Waals surface area contributed by atoms with E-state index in [2.05, 4.69) is 31.9 Å². The van der Waals surface area contributed by atoms with Crippen molar-refractivity contribution >= 4 is 31.9 Å². The zero-order valence-electron chi connectivity index (χ0n) is 6.70. The molecule has 72 valence electrons. The number of hydrogen-bond acceptors (Lipinski definition) is 1. The van der Waals surface area contributed by atoms with E-state index in [9.17, 15) is 8.78 Å². The van der Waals surface area contributed by atoms with Crippen LogP contribution in [0.4, 0.5) is 8.78 Å². The second-order valence-electron chi connectivity index (χ2n) is 2.23. The van der Waals surface area contributed by atoms with Crippen LogP contribution in [0.5, 0.6) is 5.75 Å². The lowest BCUT2D eigenvalue weighted by Gasteiger charge is -2.07. The van der Waals surface area contributed by atoms with Crippen molar-refractivity contribution in [2.75, 3.05) is 6.61 Å². The molecule has 0 amide bonds. The van der Waals surface area contributed by atoms with Crippen LogP contribution in [0.25, 0.3) is 0 Å². The van der Waals surface area contributed by atoms with Crippen molar-refractivity contribution in [3.63, 3.8) is 0 Å². The van der Waals surface area contributed by atoms with E-state index in [1.165, 1.54) is 0 Å². The lowest BCUT2D eigenvalue weighted by Crippen LogP contribution is -1.96. The van der Waals surface area contributed by atoms with Gasteiger partial charge in [-0.3, -0.25) is 0 Å². The molecule has 0 spiro atoms. The lowest BCUT2D eigenvalue weighted by atomic mass is 10.3. The second kappa shape index (κ2) is 4.37. The van der Waals surface area contributed by atoms with Crippen LogP contribution < -0.4 is 4.74 Å². The molecule has 0 bridgehead atoms.